The zero-order valence-electron chi connectivity index (χ0n) is 14.9. The molecule has 0 radical (unpaired) electrons. The van der Waals surface area contributed by atoms with E-state index in [1.807, 2.05) is 30.3 Å². The minimum Gasteiger partial charge on any atom is -0.352 e. The summed E-state index contributed by atoms with van der Waals surface area (Å²) in [6.45, 7) is -0.471. The topological polar surface area (TPSA) is 134 Å². The van der Waals surface area contributed by atoms with Crippen LogP contribution in [0.25, 0.3) is 0 Å². The number of nitrogens with two attached hydrogens (primary N) is 1. The van der Waals surface area contributed by atoms with Gasteiger partial charge >= 0.3 is 0 Å². The number of nitrogens with one attached hydrogen (secondary N) is 3. The lowest BCUT2D eigenvalue weighted by molar-refractivity contribution is -0.131. The van der Waals surface area contributed by atoms with E-state index >= 15 is 0 Å². The first-order chi connectivity index (χ1) is 13.5. The Morgan fingerprint density at radius 1 is 0.966 bits per heavy atom. The zero-order valence-corrected chi connectivity index (χ0v) is 14.9. The van der Waals surface area contributed by atoms with Crippen molar-refractivity contribution in [2.45, 2.75) is 13.5 Å². The minimum atomic E-state index is -1.16. The Balaban J connectivity index is 0.00000420. The maximum absolute atomic E-state index is 12.3. The zero-order chi connectivity index (χ0) is 20.4. The standard InChI is InChI=1S/C20H20N4O4.CH4/c21-12-18(25)22-13-17(20(27)24-28)23-19(26)16-10-8-15(9-11-16)7-6-14-4-2-1-3-5-14;/h1-5,8-11,17,28H,12-13,21H2,(H,22,25)(H,23,26)(H,24,27);1H4/t17-;/m0./s1. The first-order valence-electron chi connectivity index (χ1n) is 8.42. The van der Waals surface area contributed by atoms with Gasteiger partial charge in [-0.05, 0) is 36.4 Å². The Kier molecular flexibility index (Phi) is 9.61. The van der Waals surface area contributed by atoms with Crippen LogP contribution >= 0.6 is 0 Å². The molecule has 29 heavy (non-hydrogen) atoms. The Morgan fingerprint density at radius 2 is 1.55 bits per heavy atom. The van der Waals surface area contributed by atoms with E-state index < -0.39 is 23.8 Å². The fourth-order valence-electron chi connectivity index (χ4n) is 2.19. The molecule has 3 amide bonds. The molecule has 0 aromatic heterocycles. The van der Waals surface area contributed by atoms with Crippen LogP contribution in [-0.4, -0.2) is 42.1 Å². The third kappa shape index (κ3) is 7.46. The number of benzene rings is 2. The normalized spacial score (nSPS) is 10.4. The summed E-state index contributed by atoms with van der Waals surface area (Å²) >= 11 is 0. The SMILES string of the molecule is C.NCC(=O)NC[C@H](NC(=O)c1ccc(C#Cc2ccccc2)cc1)C(=O)NO. The van der Waals surface area contributed by atoms with Crippen molar-refractivity contribution in [2.24, 2.45) is 5.73 Å². The van der Waals surface area contributed by atoms with Gasteiger partial charge in [-0.2, -0.15) is 0 Å². The van der Waals surface area contributed by atoms with Gasteiger partial charge < -0.3 is 16.4 Å². The fraction of sp³-hybridized carbons (Fsp3) is 0.190. The van der Waals surface area contributed by atoms with E-state index in [1.165, 1.54) is 5.48 Å². The number of carbonyl (C=O) groups is 3. The van der Waals surface area contributed by atoms with E-state index in [-0.39, 0.29) is 20.5 Å². The van der Waals surface area contributed by atoms with Gasteiger partial charge in [-0.3, -0.25) is 19.6 Å². The highest BCUT2D eigenvalue weighted by Crippen LogP contribution is 2.05. The van der Waals surface area contributed by atoms with Crippen LogP contribution < -0.4 is 21.8 Å². The molecule has 1 atom stereocenters. The molecule has 0 saturated heterocycles. The predicted molar refractivity (Wildman–Crippen MR) is 109 cm³/mol. The quantitative estimate of drug-likeness (QED) is 0.274. The number of hydroxylamine groups is 1. The lowest BCUT2D eigenvalue weighted by atomic mass is 10.1. The van der Waals surface area contributed by atoms with Crippen molar-refractivity contribution < 1.29 is 19.6 Å². The van der Waals surface area contributed by atoms with Gasteiger partial charge in [0.25, 0.3) is 11.8 Å². The van der Waals surface area contributed by atoms with E-state index in [0.717, 1.165) is 11.1 Å². The molecule has 2 aromatic rings. The van der Waals surface area contributed by atoms with E-state index in [2.05, 4.69) is 22.5 Å². The van der Waals surface area contributed by atoms with Crippen LogP contribution in [0.1, 0.15) is 28.9 Å². The lowest BCUT2D eigenvalue weighted by Gasteiger charge is -2.17. The maximum atomic E-state index is 12.3. The molecule has 0 aliphatic heterocycles. The molecule has 2 rings (SSSR count). The van der Waals surface area contributed by atoms with Gasteiger partial charge in [-0.1, -0.05) is 37.5 Å². The highest BCUT2D eigenvalue weighted by Gasteiger charge is 2.21. The average molecular weight is 396 g/mol. The fourth-order valence-corrected chi connectivity index (χ4v) is 2.19. The molecular formula is C21H24N4O4. The van der Waals surface area contributed by atoms with Gasteiger partial charge in [-0.15, -0.1) is 0 Å². The molecular weight excluding hydrogens is 372 g/mol. The third-order valence-electron chi connectivity index (χ3n) is 3.69. The molecule has 6 N–H and O–H groups in total. The summed E-state index contributed by atoms with van der Waals surface area (Å²) in [6, 6.07) is 14.8. The number of hydrogen-bond acceptors (Lipinski definition) is 5. The molecule has 0 unspecified atom stereocenters. The smallest absolute Gasteiger partial charge is 0.267 e. The second kappa shape index (κ2) is 11.9. The van der Waals surface area contributed by atoms with Crippen molar-refractivity contribution in [3.05, 3.63) is 71.3 Å². The summed E-state index contributed by atoms with van der Waals surface area (Å²) in [4.78, 5) is 35.2. The third-order valence-corrected chi connectivity index (χ3v) is 3.69. The van der Waals surface area contributed by atoms with Crippen molar-refractivity contribution in [2.75, 3.05) is 13.1 Å². The molecule has 8 heteroatoms. The van der Waals surface area contributed by atoms with Crippen molar-refractivity contribution in [3.8, 4) is 11.8 Å². The van der Waals surface area contributed by atoms with E-state index in [1.54, 1.807) is 24.3 Å². The Morgan fingerprint density at radius 3 is 2.10 bits per heavy atom. The predicted octanol–water partition coefficient (Wildman–Crippen LogP) is 0.401. The molecule has 0 aliphatic rings. The summed E-state index contributed by atoms with van der Waals surface area (Å²) in [6.07, 6.45) is 0. The van der Waals surface area contributed by atoms with Crippen LogP contribution in [0, 0.1) is 11.8 Å². The molecule has 0 saturated carbocycles. The summed E-state index contributed by atoms with van der Waals surface area (Å²) in [7, 11) is 0. The molecule has 0 fully saturated rings. The molecule has 152 valence electrons. The molecule has 2 aromatic carbocycles. The maximum Gasteiger partial charge on any atom is 0.267 e. The van der Waals surface area contributed by atoms with Crippen molar-refractivity contribution in [3.63, 3.8) is 0 Å². The number of amides is 3. The van der Waals surface area contributed by atoms with Crippen molar-refractivity contribution in [1.29, 1.82) is 0 Å². The van der Waals surface area contributed by atoms with E-state index in [0.29, 0.717) is 5.56 Å². The van der Waals surface area contributed by atoms with Crippen LogP contribution in [0.5, 0.6) is 0 Å². The monoisotopic (exact) mass is 396 g/mol. The molecule has 8 nitrogen and oxygen atoms in total. The van der Waals surface area contributed by atoms with Crippen molar-refractivity contribution >= 4 is 17.7 Å². The largest absolute Gasteiger partial charge is 0.352 e. The van der Waals surface area contributed by atoms with Crippen LogP contribution in [0.2, 0.25) is 0 Å². The first kappa shape index (κ1) is 23.4. The Labute approximate surface area is 169 Å². The minimum absolute atomic E-state index is 0. The second-order valence-corrected chi connectivity index (χ2v) is 5.70. The molecule has 0 bridgehead atoms. The van der Waals surface area contributed by atoms with Gasteiger partial charge in [0.05, 0.1) is 6.54 Å². The highest BCUT2D eigenvalue weighted by atomic mass is 16.5. The van der Waals surface area contributed by atoms with Crippen LogP contribution in [0.4, 0.5) is 0 Å². The highest BCUT2D eigenvalue weighted by molar-refractivity contribution is 5.97. The van der Waals surface area contributed by atoms with Crippen LogP contribution in [0.3, 0.4) is 0 Å². The molecule has 0 heterocycles. The summed E-state index contributed by atoms with van der Waals surface area (Å²) in [5.41, 5.74) is 8.52. The molecule has 0 spiro atoms. The summed E-state index contributed by atoms with van der Waals surface area (Å²) in [5.74, 6) is 4.11. The Hall–Kier alpha value is -3.67. The molecule has 0 aliphatic carbocycles. The van der Waals surface area contributed by atoms with Crippen LogP contribution in [-0.2, 0) is 9.59 Å². The van der Waals surface area contributed by atoms with Crippen molar-refractivity contribution in [1.82, 2.24) is 16.1 Å². The second-order valence-electron chi connectivity index (χ2n) is 5.70. The van der Waals surface area contributed by atoms with Gasteiger partial charge in [0.15, 0.2) is 0 Å². The van der Waals surface area contributed by atoms with E-state index in [9.17, 15) is 14.4 Å². The summed E-state index contributed by atoms with van der Waals surface area (Å²) < 4.78 is 0. The van der Waals surface area contributed by atoms with Gasteiger partial charge in [0.2, 0.25) is 5.91 Å². The van der Waals surface area contributed by atoms with Gasteiger partial charge in [0, 0.05) is 23.2 Å². The van der Waals surface area contributed by atoms with E-state index in [4.69, 9.17) is 10.9 Å². The van der Waals surface area contributed by atoms with Gasteiger partial charge in [0.1, 0.15) is 6.04 Å². The number of rotatable bonds is 6. The van der Waals surface area contributed by atoms with Crippen LogP contribution in [0.15, 0.2) is 54.6 Å². The summed E-state index contributed by atoms with van der Waals surface area (Å²) in [5, 5.41) is 13.6. The Bertz CT molecular complexity index is 886. The lowest BCUT2D eigenvalue weighted by Crippen LogP contribution is -2.52. The number of carbonyl (C=O) groups excluding carboxylic acids is 3. The number of hydrogen-bond donors (Lipinski definition) is 5. The first-order valence-corrected chi connectivity index (χ1v) is 8.42. The average Bonchev–Trinajstić information content (AvgIpc) is 2.75. The van der Waals surface area contributed by atoms with Gasteiger partial charge in [-0.25, -0.2) is 5.48 Å².